The maximum atomic E-state index is 12.7. The number of nitrogens with one attached hydrogen (secondary N) is 2. The number of amides is 2. The largest absolute Gasteiger partial charge is 0.273 e. The van der Waals surface area contributed by atoms with Gasteiger partial charge in [-0.25, -0.2) is 4.39 Å². The summed E-state index contributed by atoms with van der Waals surface area (Å²) in [4.78, 5) is 23.4. The first-order valence-electron chi connectivity index (χ1n) is 5.96. The molecular weight excluding hydrogens is 306 g/mol. The maximum absolute atomic E-state index is 12.7. The molecule has 0 heterocycles. The number of benzene rings is 1. The van der Waals surface area contributed by atoms with Crippen molar-refractivity contribution in [3.8, 4) is 0 Å². The van der Waals surface area contributed by atoms with Gasteiger partial charge in [-0.15, -0.1) is 23.2 Å². The smallest absolute Gasteiger partial charge is 0.247 e. The van der Waals surface area contributed by atoms with Gasteiger partial charge in [-0.3, -0.25) is 20.4 Å². The summed E-state index contributed by atoms with van der Waals surface area (Å²) in [6.45, 7) is 1.62. The quantitative estimate of drug-likeness (QED) is 0.662. The maximum Gasteiger partial charge on any atom is 0.247 e. The van der Waals surface area contributed by atoms with Crippen LogP contribution in [0, 0.1) is 11.2 Å². The van der Waals surface area contributed by atoms with E-state index in [0.29, 0.717) is 12.0 Å². The number of rotatable bonds is 3. The Bertz CT molecular complexity index is 548. The van der Waals surface area contributed by atoms with Crippen LogP contribution in [0.5, 0.6) is 0 Å². The van der Waals surface area contributed by atoms with E-state index in [0.717, 1.165) is 0 Å². The molecule has 2 N–H and O–H groups in total. The Kier molecular flexibility index (Phi) is 3.93. The van der Waals surface area contributed by atoms with Crippen LogP contribution in [0.2, 0.25) is 0 Å². The molecule has 0 unspecified atom stereocenters. The average Bonchev–Trinajstić information content (AvgIpc) is 2.90. The van der Waals surface area contributed by atoms with Crippen LogP contribution in [-0.4, -0.2) is 16.1 Å². The predicted molar refractivity (Wildman–Crippen MR) is 73.6 cm³/mol. The molecule has 1 aromatic rings. The van der Waals surface area contributed by atoms with Gasteiger partial charge in [0, 0.05) is 0 Å². The Morgan fingerprint density at radius 2 is 1.80 bits per heavy atom. The van der Waals surface area contributed by atoms with Crippen molar-refractivity contribution in [1.29, 1.82) is 0 Å². The summed E-state index contributed by atoms with van der Waals surface area (Å²) in [6, 6.07) is 5.53. The molecule has 2 amide bonds. The van der Waals surface area contributed by atoms with E-state index in [4.69, 9.17) is 23.2 Å². The van der Waals surface area contributed by atoms with Crippen molar-refractivity contribution in [2.75, 3.05) is 0 Å². The zero-order valence-electron chi connectivity index (χ0n) is 10.7. The van der Waals surface area contributed by atoms with E-state index in [1.54, 1.807) is 6.92 Å². The lowest BCUT2D eigenvalue weighted by atomic mass is 10.1. The lowest BCUT2D eigenvalue weighted by molar-refractivity contribution is -0.131. The van der Waals surface area contributed by atoms with E-state index in [2.05, 4.69) is 10.9 Å². The molecule has 20 heavy (non-hydrogen) atoms. The molecule has 1 aliphatic rings. The summed E-state index contributed by atoms with van der Waals surface area (Å²) in [5.74, 6) is -1.22. The molecule has 1 aliphatic carbocycles. The summed E-state index contributed by atoms with van der Waals surface area (Å²) in [7, 11) is 0. The van der Waals surface area contributed by atoms with Crippen molar-refractivity contribution in [3.63, 3.8) is 0 Å². The van der Waals surface area contributed by atoms with Gasteiger partial charge in [0.1, 0.15) is 10.2 Å². The van der Waals surface area contributed by atoms with Gasteiger partial charge in [0.15, 0.2) is 0 Å². The molecule has 0 aromatic heterocycles. The fraction of sp³-hybridized carbons (Fsp3) is 0.385. The minimum atomic E-state index is -1.08. The first kappa shape index (κ1) is 15.1. The molecule has 1 fully saturated rings. The summed E-state index contributed by atoms with van der Waals surface area (Å²) in [5.41, 5.74) is 4.32. The summed E-state index contributed by atoms with van der Waals surface area (Å²) in [5, 5.41) is 0. The summed E-state index contributed by atoms with van der Waals surface area (Å²) < 4.78 is 11.6. The number of hydrogen-bond acceptors (Lipinski definition) is 2. The highest BCUT2D eigenvalue weighted by atomic mass is 35.5. The second-order valence-corrected chi connectivity index (χ2v) is 6.50. The topological polar surface area (TPSA) is 58.2 Å². The first-order chi connectivity index (χ1) is 9.24. The van der Waals surface area contributed by atoms with Crippen molar-refractivity contribution >= 4 is 35.0 Å². The second-order valence-electron chi connectivity index (χ2n) is 5.02. The molecular formula is C13H13Cl2FN2O2. The van der Waals surface area contributed by atoms with Crippen LogP contribution in [0.1, 0.15) is 18.9 Å². The van der Waals surface area contributed by atoms with Crippen molar-refractivity contribution in [3.05, 3.63) is 35.6 Å². The lowest BCUT2D eigenvalue weighted by Gasteiger charge is -2.13. The molecule has 108 valence electrons. The normalized spacial score (nSPS) is 23.0. The van der Waals surface area contributed by atoms with E-state index >= 15 is 0 Å². The number of alkyl halides is 2. The summed E-state index contributed by atoms with van der Waals surface area (Å²) >= 11 is 11.7. The average molecular weight is 319 g/mol. The minimum Gasteiger partial charge on any atom is -0.273 e. The Labute approximate surface area is 125 Å². The Hall–Kier alpha value is -1.33. The highest BCUT2D eigenvalue weighted by Crippen LogP contribution is 2.63. The van der Waals surface area contributed by atoms with E-state index in [9.17, 15) is 14.0 Å². The van der Waals surface area contributed by atoms with Crippen molar-refractivity contribution in [1.82, 2.24) is 10.9 Å². The first-order valence-corrected chi connectivity index (χ1v) is 6.72. The third kappa shape index (κ3) is 3.04. The molecule has 1 saturated carbocycles. The lowest BCUT2D eigenvalue weighted by Crippen LogP contribution is -2.46. The van der Waals surface area contributed by atoms with E-state index in [1.807, 2.05) is 0 Å². The zero-order valence-corrected chi connectivity index (χ0v) is 12.2. The van der Waals surface area contributed by atoms with E-state index in [-0.39, 0.29) is 12.2 Å². The van der Waals surface area contributed by atoms with Gasteiger partial charge in [-0.2, -0.15) is 0 Å². The molecule has 4 nitrogen and oxygen atoms in total. The fourth-order valence-electron chi connectivity index (χ4n) is 1.74. The number of hydrazine groups is 1. The van der Waals surface area contributed by atoms with Crippen LogP contribution in [0.15, 0.2) is 24.3 Å². The highest BCUT2D eigenvalue weighted by Gasteiger charge is 2.68. The van der Waals surface area contributed by atoms with Crippen molar-refractivity contribution in [2.24, 2.45) is 5.41 Å². The third-order valence-electron chi connectivity index (χ3n) is 3.35. The number of carbonyl (C=O) groups is 2. The van der Waals surface area contributed by atoms with Crippen LogP contribution in [0.25, 0.3) is 0 Å². The van der Waals surface area contributed by atoms with Crippen LogP contribution in [0.4, 0.5) is 4.39 Å². The number of hydrogen-bond donors (Lipinski definition) is 2. The van der Waals surface area contributed by atoms with Crippen molar-refractivity contribution < 1.29 is 14.0 Å². The van der Waals surface area contributed by atoms with Crippen LogP contribution >= 0.6 is 23.2 Å². The molecule has 2 rings (SSSR count). The fourth-order valence-corrected chi connectivity index (χ4v) is 2.45. The molecule has 7 heteroatoms. The van der Waals surface area contributed by atoms with E-state index < -0.39 is 21.6 Å². The molecule has 1 aromatic carbocycles. The van der Waals surface area contributed by atoms with Gasteiger partial charge in [0.25, 0.3) is 0 Å². The Balaban J connectivity index is 1.81. The van der Waals surface area contributed by atoms with Gasteiger partial charge < -0.3 is 0 Å². The van der Waals surface area contributed by atoms with Gasteiger partial charge in [-0.05, 0) is 31.0 Å². The molecule has 0 spiro atoms. The number of halogens is 3. The van der Waals surface area contributed by atoms with E-state index in [1.165, 1.54) is 24.3 Å². The monoisotopic (exact) mass is 318 g/mol. The van der Waals surface area contributed by atoms with Crippen LogP contribution < -0.4 is 10.9 Å². The van der Waals surface area contributed by atoms with Gasteiger partial charge in [0.2, 0.25) is 11.8 Å². The minimum absolute atomic E-state index is 0.0319. The highest BCUT2D eigenvalue weighted by molar-refractivity contribution is 6.53. The van der Waals surface area contributed by atoms with Crippen molar-refractivity contribution in [2.45, 2.75) is 24.1 Å². The van der Waals surface area contributed by atoms with Crippen LogP contribution in [-0.2, 0) is 16.0 Å². The second kappa shape index (κ2) is 5.22. The molecule has 0 radical (unpaired) electrons. The van der Waals surface area contributed by atoms with Gasteiger partial charge >= 0.3 is 0 Å². The molecule has 0 aliphatic heterocycles. The molecule has 0 bridgehead atoms. The molecule has 0 saturated heterocycles. The SMILES string of the molecule is C[C@]1(C(=O)NNC(=O)Cc2ccc(F)cc2)CC1(Cl)Cl. The summed E-state index contributed by atoms with van der Waals surface area (Å²) in [6.07, 6.45) is 0.368. The number of carbonyl (C=O) groups excluding carboxylic acids is 2. The molecule has 1 atom stereocenters. The Morgan fingerprint density at radius 1 is 1.25 bits per heavy atom. The standard InChI is InChI=1S/C13H13Cl2FN2O2/c1-12(7-13(12,14)15)11(20)18-17-10(19)6-8-2-4-9(16)5-3-8/h2-5H,6-7H2,1H3,(H,17,19)(H,18,20)/t12-/m1/s1. The zero-order chi connectivity index (χ0) is 15.0. The Morgan fingerprint density at radius 3 is 2.30 bits per heavy atom. The van der Waals surface area contributed by atoms with Gasteiger partial charge in [0.05, 0.1) is 11.8 Å². The van der Waals surface area contributed by atoms with Gasteiger partial charge in [-0.1, -0.05) is 12.1 Å². The third-order valence-corrected chi connectivity index (χ3v) is 4.45. The predicted octanol–water partition coefficient (Wildman–Crippen LogP) is 2.10. The van der Waals surface area contributed by atoms with Crippen LogP contribution in [0.3, 0.4) is 0 Å².